The van der Waals surface area contributed by atoms with Gasteiger partial charge in [-0.1, -0.05) is 11.6 Å². The first-order chi connectivity index (χ1) is 13.4. The van der Waals surface area contributed by atoms with E-state index < -0.39 is 0 Å². The predicted molar refractivity (Wildman–Crippen MR) is 116 cm³/mol. The van der Waals surface area contributed by atoms with Gasteiger partial charge in [0.2, 0.25) is 11.8 Å². The van der Waals surface area contributed by atoms with Crippen LogP contribution in [0.5, 0.6) is 5.75 Å². The number of nitrogens with zero attached hydrogens (tertiary/aromatic N) is 1. The quantitative estimate of drug-likeness (QED) is 0.659. The number of amides is 2. The van der Waals surface area contributed by atoms with Crippen molar-refractivity contribution in [3.63, 3.8) is 0 Å². The lowest BCUT2D eigenvalue weighted by Crippen LogP contribution is -2.25. The lowest BCUT2D eigenvalue weighted by Gasteiger charge is -2.16. The number of fused-ring (bicyclic) bond motifs is 1. The molecule has 0 saturated carbocycles. The summed E-state index contributed by atoms with van der Waals surface area (Å²) in [7, 11) is 0. The largest absolute Gasteiger partial charge is 0.491 e. The first-order valence-corrected chi connectivity index (χ1v) is 10.1. The third kappa shape index (κ3) is 4.59. The molecule has 28 heavy (non-hydrogen) atoms. The molecule has 0 aliphatic carbocycles. The molecule has 2 aromatic rings. The molecule has 0 radical (unpaired) electrons. The predicted octanol–water partition coefficient (Wildman–Crippen LogP) is 4.46. The van der Waals surface area contributed by atoms with E-state index in [1.54, 1.807) is 30.0 Å². The van der Waals surface area contributed by atoms with Gasteiger partial charge < -0.3 is 20.3 Å². The second-order valence-electron chi connectivity index (χ2n) is 6.36. The van der Waals surface area contributed by atoms with Gasteiger partial charge in [-0.15, -0.1) is 0 Å². The molecule has 2 N–H and O–H groups in total. The van der Waals surface area contributed by atoms with Crippen LogP contribution in [-0.4, -0.2) is 31.5 Å². The Morgan fingerprint density at radius 2 is 2.07 bits per heavy atom. The van der Waals surface area contributed by atoms with Gasteiger partial charge in [-0.2, -0.15) is 0 Å². The number of nitrogens with one attached hydrogen (secondary N) is 2. The first-order valence-electron chi connectivity index (χ1n) is 8.95. The van der Waals surface area contributed by atoms with Crippen molar-refractivity contribution in [1.82, 2.24) is 0 Å². The summed E-state index contributed by atoms with van der Waals surface area (Å²) < 4.78 is 6.34. The Kier molecular flexibility index (Phi) is 6.46. The minimum Gasteiger partial charge on any atom is -0.491 e. The molecule has 0 spiro atoms. The van der Waals surface area contributed by atoms with E-state index in [-0.39, 0.29) is 18.4 Å². The Hall–Kier alpha value is -2.25. The van der Waals surface area contributed by atoms with Gasteiger partial charge in [0.1, 0.15) is 0 Å². The van der Waals surface area contributed by atoms with E-state index in [1.165, 1.54) is 0 Å². The van der Waals surface area contributed by atoms with Crippen LogP contribution in [0.3, 0.4) is 0 Å². The van der Waals surface area contributed by atoms with Gasteiger partial charge in [0.05, 0.1) is 23.3 Å². The topological polar surface area (TPSA) is 70.7 Å². The van der Waals surface area contributed by atoms with Crippen molar-refractivity contribution >= 4 is 56.4 Å². The SMILES string of the molecule is CCOc1c(Br)cc(Cl)cc1NCC(=O)Nc1ccc2c(c1)CCN2C(C)=O. The fraction of sp³-hybridized carbons (Fsp3) is 0.300. The van der Waals surface area contributed by atoms with E-state index in [1.807, 2.05) is 19.1 Å². The van der Waals surface area contributed by atoms with Crippen LogP contribution < -0.4 is 20.3 Å². The second-order valence-corrected chi connectivity index (χ2v) is 7.65. The van der Waals surface area contributed by atoms with Gasteiger partial charge in [0.15, 0.2) is 5.75 Å². The molecule has 0 aromatic heterocycles. The lowest BCUT2D eigenvalue weighted by atomic mass is 10.1. The number of hydrogen-bond acceptors (Lipinski definition) is 4. The van der Waals surface area contributed by atoms with Crippen molar-refractivity contribution in [2.24, 2.45) is 0 Å². The highest BCUT2D eigenvalue weighted by molar-refractivity contribution is 9.10. The van der Waals surface area contributed by atoms with E-state index in [0.717, 1.165) is 22.1 Å². The summed E-state index contributed by atoms with van der Waals surface area (Å²) in [5.41, 5.74) is 3.31. The van der Waals surface area contributed by atoms with Crippen molar-refractivity contribution in [1.29, 1.82) is 0 Å². The molecule has 1 aliphatic heterocycles. The third-order valence-electron chi connectivity index (χ3n) is 4.38. The summed E-state index contributed by atoms with van der Waals surface area (Å²) in [6.07, 6.45) is 0.783. The van der Waals surface area contributed by atoms with Crippen molar-refractivity contribution in [3.05, 3.63) is 45.4 Å². The number of ether oxygens (including phenoxy) is 1. The molecule has 2 amide bonds. The lowest BCUT2D eigenvalue weighted by molar-refractivity contribution is -0.116. The van der Waals surface area contributed by atoms with E-state index in [0.29, 0.717) is 35.3 Å². The molecule has 1 aliphatic rings. The molecule has 8 heteroatoms. The summed E-state index contributed by atoms with van der Waals surface area (Å²) >= 11 is 9.53. The molecule has 148 valence electrons. The summed E-state index contributed by atoms with van der Waals surface area (Å²) in [6, 6.07) is 9.05. The maximum Gasteiger partial charge on any atom is 0.243 e. The zero-order valence-electron chi connectivity index (χ0n) is 15.6. The molecule has 0 saturated heterocycles. The van der Waals surface area contributed by atoms with Crippen molar-refractivity contribution < 1.29 is 14.3 Å². The average molecular weight is 467 g/mol. The van der Waals surface area contributed by atoms with Gasteiger partial charge in [-0.05, 0) is 65.2 Å². The average Bonchev–Trinajstić information content (AvgIpc) is 3.06. The number of anilines is 3. The van der Waals surface area contributed by atoms with Crippen LogP contribution in [0.4, 0.5) is 17.1 Å². The van der Waals surface area contributed by atoms with Crippen molar-refractivity contribution in [2.75, 3.05) is 35.2 Å². The van der Waals surface area contributed by atoms with Crippen molar-refractivity contribution in [2.45, 2.75) is 20.3 Å². The van der Waals surface area contributed by atoms with E-state index in [2.05, 4.69) is 26.6 Å². The third-order valence-corrected chi connectivity index (χ3v) is 5.18. The molecular formula is C20H21BrClN3O3. The summed E-state index contributed by atoms with van der Waals surface area (Å²) in [4.78, 5) is 25.8. The molecule has 3 rings (SSSR count). The molecule has 0 unspecified atom stereocenters. The highest BCUT2D eigenvalue weighted by atomic mass is 79.9. The van der Waals surface area contributed by atoms with Crippen LogP contribution in [0.2, 0.25) is 5.02 Å². The van der Waals surface area contributed by atoms with E-state index >= 15 is 0 Å². The van der Waals surface area contributed by atoms with Crippen molar-refractivity contribution in [3.8, 4) is 5.75 Å². The van der Waals surface area contributed by atoms with Crippen LogP contribution in [0, 0.1) is 0 Å². The highest BCUT2D eigenvalue weighted by Gasteiger charge is 2.22. The zero-order valence-corrected chi connectivity index (χ0v) is 18.0. The maximum absolute atomic E-state index is 12.4. The van der Waals surface area contributed by atoms with Crippen LogP contribution in [0.15, 0.2) is 34.8 Å². The molecule has 6 nitrogen and oxygen atoms in total. The number of rotatable bonds is 6. The number of hydrogen-bond donors (Lipinski definition) is 2. The number of carbonyl (C=O) groups is 2. The molecule has 0 bridgehead atoms. The first kappa shape index (κ1) is 20.5. The van der Waals surface area contributed by atoms with E-state index in [9.17, 15) is 9.59 Å². The second kappa shape index (κ2) is 8.84. The Balaban J connectivity index is 1.65. The highest BCUT2D eigenvalue weighted by Crippen LogP contribution is 2.36. The molecule has 0 atom stereocenters. The van der Waals surface area contributed by atoms with E-state index in [4.69, 9.17) is 16.3 Å². The maximum atomic E-state index is 12.4. The summed E-state index contributed by atoms with van der Waals surface area (Å²) in [6.45, 7) is 4.67. The molecule has 1 heterocycles. The monoisotopic (exact) mass is 465 g/mol. The van der Waals surface area contributed by atoms with Gasteiger partial charge in [-0.3, -0.25) is 9.59 Å². The Morgan fingerprint density at radius 3 is 2.79 bits per heavy atom. The molecule has 0 fully saturated rings. The standard InChI is InChI=1S/C20H21BrClN3O3/c1-3-28-20-16(21)9-14(22)10-17(20)23-11-19(27)24-15-4-5-18-13(8-15)6-7-25(18)12(2)26/h4-5,8-10,23H,3,6-7,11H2,1-2H3,(H,24,27). The fourth-order valence-corrected chi connectivity index (χ4v) is 4.09. The van der Waals surface area contributed by atoms with Gasteiger partial charge in [0.25, 0.3) is 0 Å². The van der Waals surface area contributed by atoms with Gasteiger partial charge in [0, 0.05) is 29.9 Å². The van der Waals surface area contributed by atoms with Crippen LogP contribution in [-0.2, 0) is 16.0 Å². The minimum atomic E-state index is -0.195. The van der Waals surface area contributed by atoms with Crippen LogP contribution >= 0.6 is 27.5 Å². The number of benzene rings is 2. The van der Waals surface area contributed by atoms with Gasteiger partial charge >= 0.3 is 0 Å². The zero-order chi connectivity index (χ0) is 20.3. The smallest absolute Gasteiger partial charge is 0.243 e. The number of halogens is 2. The Bertz CT molecular complexity index is 920. The fourth-order valence-electron chi connectivity index (χ4n) is 3.17. The van der Waals surface area contributed by atoms with Crippen LogP contribution in [0.1, 0.15) is 19.4 Å². The molecule has 2 aromatic carbocycles. The summed E-state index contributed by atoms with van der Waals surface area (Å²) in [5, 5.41) is 6.48. The Labute approximate surface area is 177 Å². The normalized spacial score (nSPS) is 12.5. The minimum absolute atomic E-state index is 0.0255. The molecular weight excluding hydrogens is 446 g/mol. The Morgan fingerprint density at radius 1 is 1.29 bits per heavy atom. The summed E-state index contributed by atoms with van der Waals surface area (Å²) in [5.74, 6) is 0.444. The van der Waals surface area contributed by atoms with Crippen LogP contribution in [0.25, 0.3) is 0 Å². The number of carbonyl (C=O) groups excluding carboxylic acids is 2. The van der Waals surface area contributed by atoms with Gasteiger partial charge in [-0.25, -0.2) is 0 Å².